The fourth-order valence-electron chi connectivity index (χ4n) is 2.38. The van der Waals surface area contributed by atoms with Crippen molar-refractivity contribution in [1.29, 1.82) is 0 Å². The van der Waals surface area contributed by atoms with Crippen molar-refractivity contribution in [3.8, 4) is 0 Å². The van der Waals surface area contributed by atoms with Crippen molar-refractivity contribution in [2.75, 3.05) is 17.2 Å². The Kier molecular flexibility index (Phi) is 5.09. The molecule has 2 rings (SSSR count). The van der Waals surface area contributed by atoms with Crippen molar-refractivity contribution >= 4 is 17.3 Å². The summed E-state index contributed by atoms with van der Waals surface area (Å²) in [6, 6.07) is 14.1. The minimum Gasteiger partial charge on any atom is -0.376 e. The molecule has 0 unspecified atom stereocenters. The molecule has 23 heavy (non-hydrogen) atoms. The van der Waals surface area contributed by atoms with E-state index in [1.165, 1.54) is 16.7 Å². The van der Waals surface area contributed by atoms with Crippen LogP contribution in [0.5, 0.6) is 0 Å². The second-order valence-corrected chi connectivity index (χ2v) is 6.98. The average molecular weight is 310 g/mol. The third kappa shape index (κ3) is 4.59. The van der Waals surface area contributed by atoms with Crippen LogP contribution in [-0.4, -0.2) is 12.5 Å². The largest absolute Gasteiger partial charge is 0.376 e. The van der Waals surface area contributed by atoms with E-state index in [9.17, 15) is 4.79 Å². The molecular weight excluding hydrogens is 284 g/mol. The number of hydrogen-bond acceptors (Lipinski definition) is 2. The number of aryl methyl sites for hydroxylation is 1. The summed E-state index contributed by atoms with van der Waals surface area (Å²) in [6.07, 6.45) is 0. The monoisotopic (exact) mass is 310 g/mol. The Morgan fingerprint density at radius 3 is 2.26 bits per heavy atom. The van der Waals surface area contributed by atoms with Gasteiger partial charge in [-0.1, -0.05) is 45.0 Å². The molecule has 3 heteroatoms. The number of amides is 1. The Bertz CT molecular complexity index is 682. The minimum atomic E-state index is -0.0468. The van der Waals surface area contributed by atoms with Gasteiger partial charge in [0.1, 0.15) is 0 Å². The normalized spacial score (nSPS) is 11.2. The summed E-state index contributed by atoms with van der Waals surface area (Å²) < 4.78 is 0. The predicted molar refractivity (Wildman–Crippen MR) is 98.2 cm³/mol. The summed E-state index contributed by atoms with van der Waals surface area (Å²) in [5, 5.41) is 6.12. The van der Waals surface area contributed by atoms with Gasteiger partial charge in [0.15, 0.2) is 0 Å². The van der Waals surface area contributed by atoms with E-state index in [0.717, 1.165) is 11.4 Å². The Hall–Kier alpha value is -2.29. The van der Waals surface area contributed by atoms with Gasteiger partial charge in [-0.15, -0.1) is 0 Å². The summed E-state index contributed by atoms with van der Waals surface area (Å²) in [5.41, 5.74) is 5.59. The molecule has 3 nitrogen and oxygen atoms in total. The maximum atomic E-state index is 12.1. The van der Waals surface area contributed by atoms with Crippen LogP contribution in [0.4, 0.5) is 11.4 Å². The SMILES string of the molecule is Cc1cccc(NCC(=O)Nc2ccc(C(C)(C)C)cc2)c1C. The molecule has 0 bridgehead atoms. The second-order valence-electron chi connectivity index (χ2n) is 6.98. The molecule has 2 N–H and O–H groups in total. The first-order valence-corrected chi connectivity index (χ1v) is 7.98. The number of benzene rings is 2. The molecule has 0 atom stereocenters. The van der Waals surface area contributed by atoms with Gasteiger partial charge in [0.2, 0.25) is 5.91 Å². The highest BCUT2D eigenvalue weighted by molar-refractivity contribution is 5.93. The number of carbonyl (C=O) groups is 1. The first kappa shape index (κ1) is 17.1. The lowest BCUT2D eigenvalue weighted by Crippen LogP contribution is -2.22. The van der Waals surface area contributed by atoms with Crippen LogP contribution >= 0.6 is 0 Å². The van der Waals surface area contributed by atoms with E-state index in [0.29, 0.717) is 0 Å². The molecule has 0 saturated heterocycles. The summed E-state index contributed by atoms with van der Waals surface area (Å²) in [7, 11) is 0. The van der Waals surface area contributed by atoms with Crippen LogP contribution in [0.15, 0.2) is 42.5 Å². The maximum absolute atomic E-state index is 12.1. The molecule has 0 aromatic heterocycles. The zero-order valence-corrected chi connectivity index (χ0v) is 14.7. The van der Waals surface area contributed by atoms with Gasteiger partial charge in [0.05, 0.1) is 6.54 Å². The fraction of sp³-hybridized carbons (Fsp3) is 0.350. The van der Waals surface area contributed by atoms with Crippen LogP contribution < -0.4 is 10.6 Å². The molecule has 0 saturated carbocycles. The minimum absolute atomic E-state index is 0.0468. The third-order valence-corrected chi connectivity index (χ3v) is 4.08. The van der Waals surface area contributed by atoms with Gasteiger partial charge in [-0.2, -0.15) is 0 Å². The molecular formula is C20H26N2O. The highest BCUT2D eigenvalue weighted by Crippen LogP contribution is 2.23. The highest BCUT2D eigenvalue weighted by Gasteiger charge is 2.13. The van der Waals surface area contributed by atoms with Gasteiger partial charge >= 0.3 is 0 Å². The number of hydrogen-bond donors (Lipinski definition) is 2. The van der Waals surface area contributed by atoms with Crippen LogP contribution in [0.25, 0.3) is 0 Å². The quantitative estimate of drug-likeness (QED) is 0.863. The van der Waals surface area contributed by atoms with Crippen molar-refractivity contribution in [3.63, 3.8) is 0 Å². The Morgan fingerprint density at radius 1 is 1.00 bits per heavy atom. The molecule has 0 aliphatic heterocycles. The lowest BCUT2D eigenvalue weighted by molar-refractivity contribution is -0.114. The van der Waals surface area contributed by atoms with Gasteiger partial charge in [-0.05, 0) is 54.2 Å². The van der Waals surface area contributed by atoms with Crippen molar-refractivity contribution in [3.05, 3.63) is 59.2 Å². The first-order chi connectivity index (χ1) is 10.8. The number of carbonyl (C=O) groups excluding carboxylic acids is 1. The van der Waals surface area contributed by atoms with Crippen molar-refractivity contribution in [2.24, 2.45) is 0 Å². The van der Waals surface area contributed by atoms with Crippen LogP contribution in [0.3, 0.4) is 0 Å². The maximum Gasteiger partial charge on any atom is 0.243 e. The van der Waals surface area contributed by atoms with E-state index in [1.807, 2.05) is 24.3 Å². The van der Waals surface area contributed by atoms with Gasteiger partial charge < -0.3 is 10.6 Å². The van der Waals surface area contributed by atoms with E-state index >= 15 is 0 Å². The second kappa shape index (κ2) is 6.86. The van der Waals surface area contributed by atoms with Gasteiger partial charge in [0, 0.05) is 11.4 Å². The van der Waals surface area contributed by atoms with Crippen molar-refractivity contribution < 1.29 is 4.79 Å². The number of anilines is 2. The zero-order chi connectivity index (χ0) is 17.0. The predicted octanol–water partition coefficient (Wildman–Crippen LogP) is 4.65. The lowest BCUT2D eigenvalue weighted by atomic mass is 9.87. The van der Waals surface area contributed by atoms with Crippen LogP contribution in [0.2, 0.25) is 0 Å². The lowest BCUT2D eigenvalue weighted by Gasteiger charge is -2.19. The van der Waals surface area contributed by atoms with Crippen LogP contribution in [-0.2, 0) is 10.2 Å². The average Bonchev–Trinajstić information content (AvgIpc) is 2.48. The summed E-state index contributed by atoms with van der Waals surface area (Å²) >= 11 is 0. The van der Waals surface area contributed by atoms with Crippen molar-refractivity contribution in [1.82, 2.24) is 0 Å². The molecule has 0 radical (unpaired) electrons. The molecule has 0 heterocycles. The zero-order valence-electron chi connectivity index (χ0n) is 14.7. The summed E-state index contributed by atoms with van der Waals surface area (Å²) in [4.78, 5) is 12.1. The first-order valence-electron chi connectivity index (χ1n) is 7.98. The molecule has 0 aliphatic rings. The molecule has 2 aromatic carbocycles. The van der Waals surface area contributed by atoms with E-state index in [2.05, 4.69) is 63.5 Å². The van der Waals surface area contributed by atoms with Gasteiger partial charge in [-0.3, -0.25) is 4.79 Å². The Balaban J connectivity index is 1.93. The van der Waals surface area contributed by atoms with Gasteiger partial charge in [0.25, 0.3) is 0 Å². The molecule has 0 fully saturated rings. The molecule has 122 valence electrons. The topological polar surface area (TPSA) is 41.1 Å². The Morgan fingerprint density at radius 2 is 1.65 bits per heavy atom. The highest BCUT2D eigenvalue weighted by atomic mass is 16.1. The van der Waals surface area contributed by atoms with Gasteiger partial charge in [-0.25, -0.2) is 0 Å². The Labute approximate surface area is 139 Å². The summed E-state index contributed by atoms with van der Waals surface area (Å²) in [6.45, 7) is 10.9. The van der Waals surface area contributed by atoms with Crippen LogP contribution in [0, 0.1) is 13.8 Å². The number of nitrogens with one attached hydrogen (secondary N) is 2. The van der Waals surface area contributed by atoms with E-state index in [-0.39, 0.29) is 17.9 Å². The van der Waals surface area contributed by atoms with Crippen LogP contribution in [0.1, 0.15) is 37.5 Å². The molecule has 0 spiro atoms. The summed E-state index contributed by atoms with van der Waals surface area (Å²) in [5.74, 6) is -0.0468. The molecule has 2 aromatic rings. The van der Waals surface area contributed by atoms with E-state index in [4.69, 9.17) is 0 Å². The fourth-order valence-corrected chi connectivity index (χ4v) is 2.38. The van der Waals surface area contributed by atoms with E-state index < -0.39 is 0 Å². The standard InChI is InChI=1S/C20H26N2O/c1-14-7-6-8-18(15(14)2)21-13-19(23)22-17-11-9-16(10-12-17)20(3,4)5/h6-12,21H,13H2,1-5H3,(H,22,23). The smallest absolute Gasteiger partial charge is 0.243 e. The molecule has 1 amide bonds. The third-order valence-electron chi connectivity index (χ3n) is 4.08. The van der Waals surface area contributed by atoms with Crippen molar-refractivity contribution in [2.45, 2.75) is 40.0 Å². The number of rotatable bonds is 4. The molecule has 0 aliphatic carbocycles. The van der Waals surface area contributed by atoms with E-state index in [1.54, 1.807) is 0 Å².